The van der Waals surface area contributed by atoms with Crippen molar-refractivity contribution in [1.29, 1.82) is 0 Å². The Kier molecular flexibility index (Phi) is 6.08. The van der Waals surface area contributed by atoms with E-state index in [2.05, 4.69) is 19.2 Å². The highest BCUT2D eigenvalue weighted by Gasteiger charge is 2.17. The van der Waals surface area contributed by atoms with E-state index >= 15 is 0 Å². The number of nitrogens with zero attached hydrogens (tertiary/aromatic N) is 1. The smallest absolute Gasteiger partial charge is 0.488 e. The fourth-order valence-electron chi connectivity index (χ4n) is 2.39. The number of hydrogen-bond acceptors (Lipinski definition) is 8. The predicted molar refractivity (Wildman–Crippen MR) is 108 cm³/mol. The van der Waals surface area contributed by atoms with Crippen LogP contribution in [0, 0.1) is 0 Å². The van der Waals surface area contributed by atoms with Crippen LogP contribution >= 0.6 is 0 Å². The van der Waals surface area contributed by atoms with E-state index in [-0.39, 0.29) is 22.2 Å². The molecule has 0 radical (unpaired) electrons. The van der Waals surface area contributed by atoms with Crippen LogP contribution in [0.3, 0.4) is 0 Å². The lowest BCUT2D eigenvalue weighted by Crippen LogP contribution is -2.14. The van der Waals surface area contributed by atoms with Gasteiger partial charge in [-0.15, -0.1) is 0 Å². The van der Waals surface area contributed by atoms with Gasteiger partial charge in [-0.3, -0.25) is 4.72 Å². The summed E-state index contributed by atoms with van der Waals surface area (Å²) in [7, 11) is -7.54. The lowest BCUT2D eigenvalue weighted by Gasteiger charge is -2.13. The van der Waals surface area contributed by atoms with Gasteiger partial charge >= 0.3 is 10.5 Å². The van der Waals surface area contributed by atoms with Crippen molar-refractivity contribution in [2.45, 2.75) is 4.90 Å². The van der Waals surface area contributed by atoms with Crippen LogP contribution in [0.2, 0.25) is 0 Å². The summed E-state index contributed by atoms with van der Waals surface area (Å²) in [6.07, 6.45) is 1.46. The van der Waals surface area contributed by atoms with Gasteiger partial charge in [0.1, 0.15) is 11.5 Å². The fraction of sp³-hybridized carbons (Fsp3) is 0.0556. The first kappa shape index (κ1) is 21.3. The molecule has 158 valence electrons. The maximum atomic E-state index is 12.7. The topological polar surface area (TPSA) is 124 Å². The first-order valence-corrected chi connectivity index (χ1v) is 11.1. The summed E-state index contributed by atoms with van der Waals surface area (Å²) < 4.78 is 70.5. The molecule has 0 saturated heterocycles. The third-order valence-electron chi connectivity index (χ3n) is 3.73. The number of methoxy groups -OCH3 is 1. The summed E-state index contributed by atoms with van der Waals surface area (Å²) >= 11 is 0. The van der Waals surface area contributed by atoms with E-state index in [9.17, 15) is 20.7 Å². The number of hydrogen-bond donors (Lipinski definition) is 2. The molecule has 0 aliphatic carbocycles. The van der Waals surface area contributed by atoms with Gasteiger partial charge in [0.05, 0.1) is 17.7 Å². The van der Waals surface area contributed by atoms with Crippen LogP contribution < -0.4 is 19.0 Å². The van der Waals surface area contributed by atoms with E-state index in [1.165, 1.54) is 67.9 Å². The van der Waals surface area contributed by atoms with Gasteiger partial charge in [0, 0.05) is 11.9 Å². The highest BCUT2D eigenvalue weighted by molar-refractivity contribution is 7.92. The lowest BCUT2D eigenvalue weighted by atomic mass is 10.3. The van der Waals surface area contributed by atoms with Gasteiger partial charge in [-0.05, 0) is 60.7 Å². The van der Waals surface area contributed by atoms with E-state index in [4.69, 9.17) is 4.74 Å². The molecule has 12 heteroatoms. The second-order valence-electron chi connectivity index (χ2n) is 5.81. The van der Waals surface area contributed by atoms with Gasteiger partial charge in [0.25, 0.3) is 10.0 Å². The Morgan fingerprint density at radius 2 is 1.53 bits per heavy atom. The quantitative estimate of drug-likeness (QED) is 0.498. The van der Waals surface area contributed by atoms with Crippen LogP contribution in [0.15, 0.2) is 71.8 Å². The molecule has 3 aromatic rings. The third-order valence-corrected chi connectivity index (χ3v) is 5.51. The summed E-state index contributed by atoms with van der Waals surface area (Å²) in [5.41, 5.74) is 0.613. The Bertz CT molecular complexity index is 1230. The molecule has 2 N–H and O–H groups in total. The SMILES string of the molecule is COc1ccc(S(=O)(=O)Nc2cccnc2Nc2ccc(OS(=O)(=O)F)cc2)cc1. The summed E-state index contributed by atoms with van der Waals surface area (Å²) in [5, 5.41) is 2.90. The monoisotopic (exact) mass is 453 g/mol. The lowest BCUT2D eigenvalue weighted by molar-refractivity contribution is 0.414. The zero-order valence-electron chi connectivity index (χ0n) is 15.4. The Labute approximate surface area is 173 Å². The van der Waals surface area contributed by atoms with Gasteiger partial charge in [-0.2, -0.15) is 8.42 Å². The maximum Gasteiger partial charge on any atom is 0.488 e. The standard InChI is InChI=1S/C18H16FN3O6S2/c1-27-14-8-10-16(11-9-14)29(23,24)22-17-3-2-12-20-18(17)21-13-4-6-15(7-5-13)28-30(19,25)26/h2-12,22H,1H3,(H,20,21). The van der Waals surface area contributed by atoms with Gasteiger partial charge in [0.15, 0.2) is 5.82 Å². The van der Waals surface area contributed by atoms with Crippen molar-refractivity contribution in [2.75, 3.05) is 17.1 Å². The van der Waals surface area contributed by atoms with Crippen LogP contribution in [0.1, 0.15) is 0 Å². The number of anilines is 3. The van der Waals surface area contributed by atoms with Crippen molar-refractivity contribution in [1.82, 2.24) is 4.98 Å². The van der Waals surface area contributed by atoms with Gasteiger partial charge in [-0.25, -0.2) is 13.4 Å². The minimum atomic E-state index is -5.12. The molecular formula is C18H16FN3O6S2. The van der Waals surface area contributed by atoms with Crippen molar-refractivity contribution in [2.24, 2.45) is 0 Å². The van der Waals surface area contributed by atoms with E-state index in [1.54, 1.807) is 6.07 Å². The van der Waals surface area contributed by atoms with Crippen LogP contribution in [0.25, 0.3) is 0 Å². The Hall–Kier alpha value is -3.38. The molecular weight excluding hydrogens is 437 g/mol. The predicted octanol–water partition coefficient (Wildman–Crippen LogP) is 3.23. The molecule has 0 aliphatic heterocycles. The minimum absolute atomic E-state index is 0.0343. The van der Waals surface area contributed by atoms with Crippen LogP contribution in [-0.2, 0) is 20.5 Å². The molecule has 0 spiro atoms. The number of halogens is 1. The Morgan fingerprint density at radius 3 is 2.13 bits per heavy atom. The number of benzene rings is 2. The molecule has 0 unspecified atom stereocenters. The molecule has 0 atom stereocenters. The van der Waals surface area contributed by atoms with Crippen molar-refractivity contribution in [3.05, 3.63) is 66.9 Å². The molecule has 2 aromatic carbocycles. The van der Waals surface area contributed by atoms with E-state index in [0.717, 1.165) is 0 Å². The highest BCUT2D eigenvalue weighted by atomic mass is 32.3. The van der Waals surface area contributed by atoms with E-state index in [1.807, 2.05) is 0 Å². The fourth-order valence-corrected chi connectivity index (χ4v) is 3.80. The van der Waals surface area contributed by atoms with Crippen molar-refractivity contribution >= 4 is 37.7 Å². The first-order chi connectivity index (χ1) is 14.2. The molecule has 0 fully saturated rings. The van der Waals surface area contributed by atoms with Crippen LogP contribution in [-0.4, -0.2) is 28.9 Å². The van der Waals surface area contributed by atoms with Gasteiger partial charge in [0.2, 0.25) is 0 Å². The summed E-state index contributed by atoms with van der Waals surface area (Å²) in [5.74, 6) is 0.497. The van der Waals surface area contributed by atoms with Crippen molar-refractivity contribution < 1.29 is 29.6 Å². The van der Waals surface area contributed by atoms with Crippen LogP contribution in [0.4, 0.5) is 21.1 Å². The van der Waals surface area contributed by atoms with Gasteiger partial charge < -0.3 is 14.2 Å². The largest absolute Gasteiger partial charge is 0.497 e. The zero-order chi connectivity index (χ0) is 21.8. The average molecular weight is 453 g/mol. The molecule has 9 nitrogen and oxygen atoms in total. The Balaban J connectivity index is 1.80. The molecule has 1 heterocycles. The number of ether oxygens (including phenoxy) is 1. The molecule has 1 aromatic heterocycles. The Morgan fingerprint density at radius 1 is 0.900 bits per heavy atom. The highest BCUT2D eigenvalue weighted by Crippen LogP contribution is 2.27. The van der Waals surface area contributed by atoms with Crippen LogP contribution in [0.5, 0.6) is 11.5 Å². The molecule has 0 aliphatic rings. The maximum absolute atomic E-state index is 12.7. The second kappa shape index (κ2) is 8.55. The minimum Gasteiger partial charge on any atom is -0.497 e. The molecule has 0 saturated carbocycles. The summed E-state index contributed by atoms with van der Waals surface area (Å²) in [6, 6.07) is 14.2. The third kappa shape index (κ3) is 5.58. The van der Waals surface area contributed by atoms with Crippen molar-refractivity contribution in [3.63, 3.8) is 0 Å². The van der Waals surface area contributed by atoms with Gasteiger partial charge in [-0.1, -0.05) is 3.89 Å². The normalized spacial score (nSPS) is 11.5. The number of sulfonamides is 1. The number of nitrogens with one attached hydrogen (secondary N) is 2. The number of aromatic nitrogens is 1. The summed E-state index contributed by atoms with van der Waals surface area (Å²) in [4.78, 5) is 4.15. The molecule has 0 bridgehead atoms. The molecule has 0 amide bonds. The zero-order valence-corrected chi connectivity index (χ0v) is 17.1. The second-order valence-corrected chi connectivity index (χ2v) is 8.44. The summed E-state index contributed by atoms with van der Waals surface area (Å²) in [6.45, 7) is 0. The van der Waals surface area contributed by atoms with E-state index < -0.39 is 20.5 Å². The van der Waals surface area contributed by atoms with E-state index in [0.29, 0.717) is 11.4 Å². The van der Waals surface area contributed by atoms with Crippen molar-refractivity contribution in [3.8, 4) is 11.5 Å². The average Bonchev–Trinajstić information content (AvgIpc) is 2.70. The first-order valence-electron chi connectivity index (χ1n) is 8.29. The molecule has 3 rings (SSSR count). The number of pyridine rings is 1. The molecule has 30 heavy (non-hydrogen) atoms. The number of rotatable bonds is 8.